The molecular weight excluding hydrogens is 244 g/mol. The van der Waals surface area contributed by atoms with Crippen LogP contribution in [0.4, 0.5) is 0 Å². The Kier molecular flexibility index (Phi) is 2.90. The molecule has 0 bridgehead atoms. The van der Waals surface area contributed by atoms with Crippen LogP contribution < -0.4 is 4.74 Å². The van der Waals surface area contributed by atoms with Crippen molar-refractivity contribution in [3.05, 3.63) is 35.4 Å². The maximum atomic E-state index is 6.36. The van der Waals surface area contributed by atoms with E-state index in [0.29, 0.717) is 5.41 Å². The van der Waals surface area contributed by atoms with E-state index in [4.69, 9.17) is 16.3 Å². The van der Waals surface area contributed by atoms with Crippen LogP contribution in [0.2, 0.25) is 0 Å². The number of hydrogen-bond acceptors (Lipinski definition) is 1. The van der Waals surface area contributed by atoms with Crippen molar-refractivity contribution in [2.24, 2.45) is 5.41 Å². The smallest absolute Gasteiger partial charge is 0.122 e. The number of fused-ring (bicyclic) bond motifs is 1. The van der Waals surface area contributed by atoms with Gasteiger partial charge in [0.1, 0.15) is 5.75 Å². The van der Waals surface area contributed by atoms with E-state index in [0.717, 1.165) is 31.6 Å². The lowest BCUT2D eigenvalue weighted by Crippen LogP contribution is -2.21. The van der Waals surface area contributed by atoms with Crippen molar-refractivity contribution in [1.82, 2.24) is 0 Å². The minimum absolute atomic E-state index is 0.160. The highest BCUT2D eigenvalue weighted by molar-refractivity contribution is 6.22. The molecule has 0 aromatic heterocycles. The highest BCUT2D eigenvalue weighted by atomic mass is 35.5. The molecule has 1 aliphatic carbocycles. The maximum absolute atomic E-state index is 6.36. The van der Waals surface area contributed by atoms with Crippen LogP contribution in [0.15, 0.2) is 24.3 Å². The molecule has 18 heavy (non-hydrogen) atoms. The van der Waals surface area contributed by atoms with E-state index >= 15 is 0 Å². The Morgan fingerprint density at radius 3 is 2.94 bits per heavy atom. The Labute approximate surface area is 114 Å². The van der Waals surface area contributed by atoms with Gasteiger partial charge in [0.2, 0.25) is 0 Å². The molecule has 1 atom stereocenters. The molecule has 1 heterocycles. The van der Waals surface area contributed by atoms with Gasteiger partial charge in [0, 0.05) is 6.42 Å². The van der Waals surface area contributed by atoms with Crippen molar-refractivity contribution in [3.63, 3.8) is 0 Å². The van der Waals surface area contributed by atoms with Gasteiger partial charge in [-0.15, -0.1) is 11.6 Å². The molecule has 1 nitrogen and oxygen atoms in total. The molecule has 2 aliphatic rings. The molecule has 1 aromatic carbocycles. The summed E-state index contributed by atoms with van der Waals surface area (Å²) in [6.07, 6.45) is 5.43. The molecule has 0 fully saturated rings. The third kappa shape index (κ3) is 2.29. The highest BCUT2D eigenvalue weighted by Gasteiger charge is 2.28. The first-order valence-electron chi connectivity index (χ1n) is 6.64. The molecule has 0 spiro atoms. The summed E-state index contributed by atoms with van der Waals surface area (Å²) >= 11 is 6.36. The second kappa shape index (κ2) is 4.31. The molecule has 1 aliphatic heterocycles. The molecule has 0 N–H and O–H groups in total. The summed E-state index contributed by atoms with van der Waals surface area (Å²) in [5.41, 5.74) is 4.34. The third-order valence-corrected chi connectivity index (χ3v) is 4.14. The summed E-state index contributed by atoms with van der Waals surface area (Å²) in [7, 11) is 0. The van der Waals surface area contributed by atoms with E-state index in [2.05, 4.69) is 38.1 Å². The van der Waals surface area contributed by atoms with Gasteiger partial charge >= 0.3 is 0 Å². The zero-order valence-corrected chi connectivity index (χ0v) is 11.8. The lowest BCUT2D eigenvalue weighted by molar-refractivity contribution is 0.340. The van der Waals surface area contributed by atoms with Crippen LogP contribution in [-0.4, -0.2) is 12.0 Å². The maximum Gasteiger partial charge on any atom is 0.122 e. The summed E-state index contributed by atoms with van der Waals surface area (Å²) in [6, 6.07) is 6.55. The van der Waals surface area contributed by atoms with Crippen molar-refractivity contribution >= 4 is 17.2 Å². The zero-order chi connectivity index (χ0) is 12.8. The van der Waals surface area contributed by atoms with Gasteiger partial charge in [-0.25, -0.2) is 0 Å². The number of hydrogen-bond donors (Lipinski definition) is 0. The predicted octanol–water partition coefficient (Wildman–Crippen LogP) is 4.43. The van der Waals surface area contributed by atoms with Crippen LogP contribution in [0.25, 0.3) is 5.57 Å². The first-order valence-corrected chi connectivity index (χ1v) is 7.08. The summed E-state index contributed by atoms with van der Waals surface area (Å²) in [6.45, 7) is 5.42. The number of rotatable bonds is 1. The quantitative estimate of drug-likeness (QED) is 0.680. The van der Waals surface area contributed by atoms with Gasteiger partial charge in [0.25, 0.3) is 0 Å². The first-order chi connectivity index (χ1) is 8.53. The number of benzene rings is 1. The highest BCUT2D eigenvalue weighted by Crippen LogP contribution is 2.42. The van der Waals surface area contributed by atoms with E-state index < -0.39 is 0 Å². The van der Waals surface area contributed by atoms with Gasteiger partial charge in [0.15, 0.2) is 0 Å². The average molecular weight is 263 g/mol. The number of allylic oxidation sites excluding steroid dienone is 2. The Morgan fingerprint density at radius 1 is 1.33 bits per heavy atom. The van der Waals surface area contributed by atoms with Crippen LogP contribution in [0.1, 0.15) is 37.8 Å². The van der Waals surface area contributed by atoms with E-state index in [1.165, 1.54) is 16.7 Å². The third-order valence-electron chi connectivity index (χ3n) is 3.86. The fourth-order valence-electron chi connectivity index (χ4n) is 3.04. The standard InChI is InChI=1S/C16H19ClO/c1-16(2)9-13(8-14(17)10-16)11-3-4-15-12(7-11)5-6-18-15/h3-4,7-8,14H,5-6,9-10H2,1-2H3. The van der Waals surface area contributed by atoms with Crippen molar-refractivity contribution < 1.29 is 4.74 Å². The molecule has 0 radical (unpaired) electrons. The Morgan fingerprint density at radius 2 is 2.17 bits per heavy atom. The molecule has 3 rings (SSSR count). The topological polar surface area (TPSA) is 9.23 Å². The lowest BCUT2D eigenvalue weighted by Gasteiger charge is -2.32. The number of ether oxygens (including phenoxy) is 1. The lowest BCUT2D eigenvalue weighted by atomic mass is 9.75. The number of alkyl halides is 1. The summed E-state index contributed by atoms with van der Waals surface area (Å²) in [4.78, 5) is 0. The van der Waals surface area contributed by atoms with Crippen LogP contribution in [0.3, 0.4) is 0 Å². The number of halogens is 1. The zero-order valence-electron chi connectivity index (χ0n) is 11.0. The summed E-state index contributed by atoms with van der Waals surface area (Å²) in [5, 5.41) is 0.160. The van der Waals surface area contributed by atoms with Crippen molar-refractivity contribution in [2.45, 2.75) is 38.5 Å². The van der Waals surface area contributed by atoms with Crippen LogP contribution >= 0.6 is 11.6 Å². The molecule has 2 heteroatoms. The van der Waals surface area contributed by atoms with Crippen molar-refractivity contribution in [2.75, 3.05) is 6.61 Å². The largest absolute Gasteiger partial charge is 0.493 e. The molecule has 1 unspecified atom stereocenters. The van der Waals surface area contributed by atoms with Gasteiger partial charge in [-0.1, -0.05) is 26.0 Å². The Balaban J connectivity index is 1.95. The van der Waals surface area contributed by atoms with Crippen molar-refractivity contribution in [1.29, 1.82) is 0 Å². The van der Waals surface area contributed by atoms with Crippen LogP contribution in [0.5, 0.6) is 5.75 Å². The molecular formula is C16H19ClO. The van der Waals surface area contributed by atoms with Gasteiger partial charge in [-0.05, 0) is 47.1 Å². The van der Waals surface area contributed by atoms with E-state index in [9.17, 15) is 0 Å². The van der Waals surface area contributed by atoms with E-state index in [1.807, 2.05) is 0 Å². The van der Waals surface area contributed by atoms with Gasteiger partial charge in [-0.2, -0.15) is 0 Å². The van der Waals surface area contributed by atoms with Gasteiger partial charge in [-0.3, -0.25) is 0 Å². The molecule has 1 aromatic rings. The minimum atomic E-state index is 0.160. The second-order valence-electron chi connectivity index (χ2n) is 6.17. The monoisotopic (exact) mass is 262 g/mol. The van der Waals surface area contributed by atoms with Crippen molar-refractivity contribution in [3.8, 4) is 5.75 Å². The van der Waals surface area contributed by atoms with Crippen LogP contribution in [0, 0.1) is 5.41 Å². The molecule has 96 valence electrons. The fraction of sp³-hybridized carbons (Fsp3) is 0.500. The van der Waals surface area contributed by atoms with Gasteiger partial charge in [0.05, 0.1) is 12.0 Å². The summed E-state index contributed by atoms with van der Waals surface area (Å²) in [5.74, 6) is 1.05. The first kappa shape index (κ1) is 12.1. The summed E-state index contributed by atoms with van der Waals surface area (Å²) < 4.78 is 5.56. The van der Waals surface area contributed by atoms with E-state index in [1.54, 1.807) is 0 Å². The predicted molar refractivity (Wildman–Crippen MR) is 76.3 cm³/mol. The van der Waals surface area contributed by atoms with Gasteiger partial charge < -0.3 is 4.74 Å². The Hall–Kier alpha value is -0.950. The minimum Gasteiger partial charge on any atom is -0.493 e. The normalized spacial score (nSPS) is 25.3. The SMILES string of the molecule is CC1(C)CC(c2ccc3c(c2)CCO3)=CC(Cl)C1. The molecule has 0 amide bonds. The molecule has 0 saturated heterocycles. The molecule has 0 saturated carbocycles. The Bertz CT molecular complexity index is 502. The van der Waals surface area contributed by atoms with E-state index in [-0.39, 0.29) is 5.38 Å². The fourth-order valence-corrected chi connectivity index (χ4v) is 3.61. The van der Waals surface area contributed by atoms with Crippen LogP contribution in [-0.2, 0) is 6.42 Å². The second-order valence-corrected chi connectivity index (χ2v) is 6.73. The average Bonchev–Trinajstić information content (AvgIpc) is 2.72.